The van der Waals surface area contributed by atoms with Gasteiger partial charge < -0.3 is 9.84 Å². The first-order valence-electron chi connectivity index (χ1n) is 3.06. The van der Waals surface area contributed by atoms with Gasteiger partial charge in [-0.3, -0.25) is 0 Å². The van der Waals surface area contributed by atoms with Crippen molar-refractivity contribution < 1.29 is 9.84 Å². The van der Waals surface area contributed by atoms with Gasteiger partial charge in [0.2, 0.25) is 0 Å². The van der Waals surface area contributed by atoms with E-state index in [1.807, 2.05) is 0 Å². The summed E-state index contributed by atoms with van der Waals surface area (Å²) in [6, 6.07) is 0. The molecular formula is C6H10O2. The van der Waals surface area contributed by atoms with E-state index in [0.29, 0.717) is 12.5 Å². The molecule has 0 unspecified atom stereocenters. The Morgan fingerprint density at radius 3 is 2.88 bits per heavy atom. The average Bonchev–Trinajstić information content (AvgIpc) is 2.38. The Kier molecular flexibility index (Phi) is 0.746. The van der Waals surface area contributed by atoms with E-state index in [2.05, 4.69) is 0 Å². The highest BCUT2D eigenvalue weighted by molar-refractivity contribution is 5.05. The molecule has 1 saturated heterocycles. The van der Waals surface area contributed by atoms with Gasteiger partial charge in [0, 0.05) is 5.41 Å². The second kappa shape index (κ2) is 1.25. The lowest BCUT2D eigenvalue weighted by atomic mass is 10.1. The highest BCUT2D eigenvalue weighted by atomic mass is 16.5. The molecule has 2 fully saturated rings. The van der Waals surface area contributed by atoms with Crippen LogP contribution in [0.3, 0.4) is 0 Å². The van der Waals surface area contributed by atoms with Crippen molar-refractivity contribution in [2.45, 2.75) is 6.42 Å². The molecule has 2 heteroatoms. The Morgan fingerprint density at radius 2 is 2.62 bits per heavy atom. The van der Waals surface area contributed by atoms with Crippen LogP contribution in [0.4, 0.5) is 0 Å². The smallest absolute Gasteiger partial charge is 0.0548 e. The van der Waals surface area contributed by atoms with Crippen LogP contribution >= 0.6 is 0 Å². The normalized spacial score (nSPS) is 51.4. The summed E-state index contributed by atoms with van der Waals surface area (Å²) < 4.78 is 5.14. The van der Waals surface area contributed by atoms with Crippen LogP contribution in [-0.4, -0.2) is 24.9 Å². The topological polar surface area (TPSA) is 29.5 Å². The molecule has 46 valence electrons. The molecular weight excluding hydrogens is 104 g/mol. The van der Waals surface area contributed by atoms with Gasteiger partial charge in [-0.1, -0.05) is 0 Å². The standard InChI is InChI=1S/C6H10O2/c7-3-6-1-5(6)2-8-4-6/h5,7H,1-4H2/t5-,6-/m0/s1. The quantitative estimate of drug-likeness (QED) is 0.520. The molecule has 1 heterocycles. The van der Waals surface area contributed by atoms with Gasteiger partial charge in [0.25, 0.3) is 0 Å². The first-order chi connectivity index (χ1) is 3.87. The van der Waals surface area contributed by atoms with E-state index >= 15 is 0 Å². The molecule has 1 N–H and O–H groups in total. The van der Waals surface area contributed by atoms with Crippen LogP contribution in [0.25, 0.3) is 0 Å². The van der Waals surface area contributed by atoms with Gasteiger partial charge in [-0.25, -0.2) is 0 Å². The summed E-state index contributed by atoms with van der Waals surface area (Å²) in [5.41, 5.74) is 0.236. The minimum Gasteiger partial charge on any atom is -0.396 e. The fourth-order valence-corrected chi connectivity index (χ4v) is 1.49. The molecule has 0 spiro atoms. The van der Waals surface area contributed by atoms with Crippen molar-refractivity contribution in [2.24, 2.45) is 11.3 Å². The summed E-state index contributed by atoms with van der Waals surface area (Å²) in [4.78, 5) is 0. The van der Waals surface area contributed by atoms with Crippen LogP contribution in [0.5, 0.6) is 0 Å². The first kappa shape index (κ1) is 4.77. The van der Waals surface area contributed by atoms with Crippen LogP contribution in [-0.2, 0) is 4.74 Å². The average molecular weight is 114 g/mol. The Hall–Kier alpha value is -0.0800. The lowest BCUT2D eigenvalue weighted by Gasteiger charge is -2.02. The molecule has 2 rings (SSSR count). The van der Waals surface area contributed by atoms with Gasteiger partial charge in [0.1, 0.15) is 0 Å². The van der Waals surface area contributed by atoms with Gasteiger partial charge in [-0.2, -0.15) is 0 Å². The van der Waals surface area contributed by atoms with E-state index in [-0.39, 0.29) is 5.41 Å². The minimum absolute atomic E-state index is 0.236. The molecule has 0 radical (unpaired) electrons. The van der Waals surface area contributed by atoms with Crippen molar-refractivity contribution in [3.63, 3.8) is 0 Å². The van der Waals surface area contributed by atoms with E-state index in [9.17, 15) is 0 Å². The predicted molar refractivity (Wildman–Crippen MR) is 28.4 cm³/mol. The molecule has 2 nitrogen and oxygen atoms in total. The van der Waals surface area contributed by atoms with Gasteiger partial charge in [-0.15, -0.1) is 0 Å². The SMILES string of the molecule is OC[C@@]12COC[C@@H]1C2. The third-order valence-corrected chi connectivity index (χ3v) is 2.38. The summed E-state index contributed by atoms with van der Waals surface area (Å²) in [5, 5.41) is 8.79. The fourth-order valence-electron chi connectivity index (χ4n) is 1.49. The zero-order valence-electron chi connectivity index (χ0n) is 4.76. The van der Waals surface area contributed by atoms with E-state index in [0.717, 1.165) is 13.2 Å². The van der Waals surface area contributed by atoms with E-state index in [1.54, 1.807) is 0 Å². The molecule has 1 saturated carbocycles. The van der Waals surface area contributed by atoms with Gasteiger partial charge in [0.15, 0.2) is 0 Å². The number of hydrogen-bond donors (Lipinski definition) is 1. The lowest BCUT2D eigenvalue weighted by molar-refractivity contribution is 0.117. The van der Waals surface area contributed by atoms with Crippen LogP contribution in [0.1, 0.15) is 6.42 Å². The van der Waals surface area contributed by atoms with Crippen LogP contribution in [0, 0.1) is 11.3 Å². The largest absolute Gasteiger partial charge is 0.396 e. The molecule has 1 aliphatic heterocycles. The monoisotopic (exact) mass is 114 g/mol. The lowest BCUT2D eigenvalue weighted by Crippen LogP contribution is -2.09. The fraction of sp³-hybridized carbons (Fsp3) is 1.00. The van der Waals surface area contributed by atoms with E-state index in [1.165, 1.54) is 6.42 Å². The molecule has 0 bridgehead atoms. The number of aliphatic hydroxyl groups is 1. The summed E-state index contributed by atoms with van der Waals surface area (Å²) in [5.74, 6) is 0.701. The number of rotatable bonds is 1. The second-order valence-electron chi connectivity index (χ2n) is 2.94. The molecule has 0 aromatic heterocycles. The van der Waals surface area contributed by atoms with Crippen LogP contribution < -0.4 is 0 Å². The van der Waals surface area contributed by atoms with Gasteiger partial charge >= 0.3 is 0 Å². The Bertz CT molecular complexity index is 109. The number of aliphatic hydroxyl groups excluding tert-OH is 1. The molecule has 8 heavy (non-hydrogen) atoms. The summed E-state index contributed by atoms with van der Waals surface area (Å²) in [6.07, 6.45) is 1.20. The van der Waals surface area contributed by atoms with Crippen molar-refractivity contribution in [3.05, 3.63) is 0 Å². The van der Waals surface area contributed by atoms with Crippen LogP contribution in [0.15, 0.2) is 0 Å². The Labute approximate surface area is 48.5 Å². The highest BCUT2D eigenvalue weighted by Crippen LogP contribution is 2.56. The number of ether oxygens (including phenoxy) is 1. The Morgan fingerprint density at radius 1 is 1.75 bits per heavy atom. The maximum absolute atomic E-state index is 8.79. The summed E-state index contributed by atoms with van der Waals surface area (Å²) >= 11 is 0. The van der Waals surface area contributed by atoms with Crippen molar-refractivity contribution in [2.75, 3.05) is 19.8 Å². The van der Waals surface area contributed by atoms with Crippen molar-refractivity contribution in [1.29, 1.82) is 0 Å². The highest BCUT2D eigenvalue weighted by Gasteiger charge is 2.57. The maximum Gasteiger partial charge on any atom is 0.0548 e. The third kappa shape index (κ3) is 0.400. The molecule has 0 aromatic rings. The molecule has 0 aromatic carbocycles. The van der Waals surface area contributed by atoms with Crippen molar-refractivity contribution >= 4 is 0 Å². The van der Waals surface area contributed by atoms with Crippen molar-refractivity contribution in [3.8, 4) is 0 Å². The van der Waals surface area contributed by atoms with Crippen LogP contribution in [0.2, 0.25) is 0 Å². The molecule has 2 atom stereocenters. The zero-order valence-corrected chi connectivity index (χ0v) is 4.76. The Balaban J connectivity index is 2.08. The predicted octanol–water partition coefficient (Wildman–Crippen LogP) is 0.0152. The number of hydrogen-bond acceptors (Lipinski definition) is 2. The van der Waals surface area contributed by atoms with Gasteiger partial charge in [-0.05, 0) is 12.3 Å². The summed E-state index contributed by atoms with van der Waals surface area (Å²) in [6.45, 7) is 2.02. The molecule has 2 aliphatic rings. The van der Waals surface area contributed by atoms with Gasteiger partial charge in [0.05, 0.1) is 19.8 Å². The summed E-state index contributed by atoms with van der Waals surface area (Å²) in [7, 11) is 0. The minimum atomic E-state index is 0.236. The van der Waals surface area contributed by atoms with Crippen molar-refractivity contribution in [1.82, 2.24) is 0 Å². The third-order valence-electron chi connectivity index (χ3n) is 2.38. The number of fused-ring (bicyclic) bond motifs is 1. The maximum atomic E-state index is 8.79. The molecule has 1 aliphatic carbocycles. The van der Waals surface area contributed by atoms with E-state index in [4.69, 9.17) is 9.84 Å². The zero-order chi connectivity index (χ0) is 5.61. The first-order valence-corrected chi connectivity index (χ1v) is 3.06. The van der Waals surface area contributed by atoms with E-state index < -0.39 is 0 Å². The second-order valence-corrected chi connectivity index (χ2v) is 2.94. The molecule has 0 amide bonds.